The van der Waals surface area contributed by atoms with E-state index in [1.807, 2.05) is 44.7 Å². The quantitative estimate of drug-likeness (QED) is 0.859. The lowest BCUT2D eigenvalue weighted by Crippen LogP contribution is -2.06. The Hall–Kier alpha value is -1.55. The van der Waals surface area contributed by atoms with E-state index >= 15 is 0 Å². The van der Waals surface area contributed by atoms with Crippen LogP contribution in [0.2, 0.25) is 0 Å². The Morgan fingerprint density at radius 3 is 2.82 bits per heavy atom. The predicted molar refractivity (Wildman–Crippen MR) is 66.6 cm³/mol. The van der Waals surface area contributed by atoms with Gasteiger partial charge in [0.25, 0.3) is 0 Å². The molecule has 1 atom stereocenters. The Bertz CT molecular complexity index is 472. The molecule has 0 fully saturated rings. The molecule has 0 aliphatic heterocycles. The average molecular weight is 233 g/mol. The Morgan fingerprint density at radius 2 is 2.18 bits per heavy atom. The third kappa shape index (κ3) is 2.77. The van der Waals surface area contributed by atoms with Crippen molar-refractivity contribution in [2.75, 3.05) is 0 Å². The zero-order chi connectivity index (χ0) is 12.3. The summed E-state index contributed by atoms with van der Waals surface area (Å²) < 4.78 is 4.23. The number of nitrogens with zero attached hydrogens (tertiary/aromatic N) is 3. The van der Waals surface area contributed by atoms with Crippen LogP contribution >= 0.6 is 0 Å². The third-order valence-electron chi connectivity index (χ3n) is 3.07. The predicted octanol–water partition coefficient (Wildman–Crippen LogP) is 2.14. The maximum absolute atomic E-state index is 9.71. The van der Waals surface area contributed by atoms with E-state index in [-0.39, 0.29) is 6.10 Å². The van der Waals surface area contributed by atoms with Crippen molar-refractivity contribution in [3.8, 4) is 0 Å². The highest BCUT2D eigenvalue weighted by Crippen LogP contribution is 2.16. The van der Waals surface area contributed by atoms with Gasteiger partial charge in [-0.15, -0.1) is 0 Å². The number of rotatable bonds is 5. The summed E-state index contributed by atoms with van der Waals surface area (Å²) in [4.78, 5) is 4.19. The second-order valence-corrected chi connectivity index (χ2v) is 4.27. The zero-order valence-electron chi connectivity index (χ0n) is 10.4. The van der Waals surface area contributed by atoms with Crippen LogP contribution in [0.1, 0.15) is 30.8 Å². The van der Waals surface area contributed by atoms with Gasteiger partial charge in [0.15, 0.2) is 0 Å². The molecule has 1 unspecified atom stereocenters. The minimum absolute atomic E-state index is 0.341. The molecular formula is C13H19N3O. The second kappa shape index (κ2) is 5.19. The molecule has 0 saturated heterocycles. The van der Waals surface area contributed by atoms with Crippen LogP contribution in [0.15, 0.2) is 30.9 Å². The van der Waals surface area contributed by atoms with E-state index in [2.05, 4.69) is 14.1 Å². The highest BCUT2D eigenvalue weighted by molar-refractivity contribution is 5.13. The van der Waals surface area contributed by atoms with Crippen molar-refractivity contribution in [2.24, 2.45) is 0 Å². The number of aromatic nitrogens is 3. The maximum atomic E-state index is 9.71. The number of aryl methyl sites for hydroxylation is 3. The molecule has 0 aliphatic carbocycles. The van der Waals surface area contributed by atoms with Crippen molar-refractivity contribution in [1.29, 1.82) is 0 Å². The van der Waals surface area contributed by atoms with E-state index in [9.17, 15) is 5.11 Å². The molecule has 2 aromatic heterocycles. The van der Waals surface area contributed by atoms with E-state index < -0.39 is 0 Å². The highest BCUT2D eigenvalue weighted by Gasteiger charge is 2.06. The van der Waals surface area contributed by atoms with Gasteiger partial charge in [0.2, 0.25) is 0 Å². The van der Waals surface area contributed by atoms with Crippen molar-refractivity contribution in [3.63, 3.8) is 0 Å². The van der Waals surface area contributed by atoms with Gasteiger partial charge in [0, 0.05) is 37.9 Å². The number of aliphatic hydroxyl groups is 1. The molecule has 0 aliphatic rings. The third-order valence-corrected chi connectivity index (χ3v) is 3.07. The molecule has 4 nitrogen and oxygen atoms in total. The van der Waals surface area contributed by atoms with E-state index in [0.29, 0.717) is 0 Å². The van der Waals surface area contributed by atoms with Crippen molar-refractivity contribution in [1.82, 2.24) is 14.1 Å². The Labute approximate surface area is 102 Å². The van der Waals surface area contributed by atoms with Crippen LogP contribution in [0, 0.1) is 6.92 Å². The minimum atomic E-state index is -0.341. The topological polar surface area (TPSA) is 43.0 Å². The van der Waals surface area contributed by atoms with Gasteiger partial charge in [-0.05, 0) is 25.0 Å². The number of imidazole rings is 1. The molecule has 17 heavy (non-hydrogen) atoms. The summed E-state index contributed by atoms with van der Waals surface area (Å²) in [5, 5.41) is 9.71. The highest BCUT2D eigenvalue weighted by atomic mass is 16.3. The molecule has 0 radical (unpaired) electrons. The molecule has 0 spiro atoms. The first-order valence-corrected chi connectivity index (χ1v) is 6.02. The molecule has 92 valence electrons. The second-order valence-electron chi connectivity index (χ2n) is 4.27. The van der Waals surface area contributed by atoms with Gasteiger partial charge in [0.1, 0.15) is 5.82 Å². The largest absolute Gasteiger partial charge is 0.388 e. The maximum Gasteiger partial charge on any atom is 0.105 e. The van der Waals surface area contributed by atoms with Crippen LogP contribution in [-0.4, -0.2) is 19.2 Å². The summed E-state index contributed by atoms with van der Waals surface area (Å²) in [5.74, 6) is 1.03. The van der Waals surface area contributed by atoms with E-state index in [1.54, 1.807) is 0 Å². The standard InChI is InChI=1S/C13H19N3O/c1-3-13(17)12-4-6-15(10-12)8-9-16-7-5-14-11(16)2/h4-7,10,13,17H,3,8-9H2,1-2H3. The summed E-state index contributed by atoms with van der Waals surface area (Å²) in [6.45, 7) is 5.79. The molecule has 4 heteroatoms. The van der Waals surface area contributed by atoms with Gasteiger partial charge >= 0.3 is 0 Å². The van der Waals surface area contributed by atoms with Crippen LogP contribution < -0.4 is 0 Å². The molecular weight excluding hydrogens is 214 g/mol. The molecule has 2 aromatic rings. The van der Waals surface area contributed by atoms with Crippen LogP contribution in [-0.2, 0) is 13.1 Å². The van der Waals surface area contributed by atoms with Gasteiger partial charge in [0.05, 0.1) is 6.10 Å². The van der Waals surface area contributed by atoms with Crippen molar-refractivity contribution in [3.05, 3.63) is 42.2 Å². The van der Waals surface area contributed by atoms with Crippen molar-refractivity contribution < 1.29 is 5.11 Å². The lowest BCUT2D eigenvalue weighted by Gasteiger charge is -2.07. The van der Waals surface area contributed by atoms with Crippen LogP contribution in [0.4, 0.5) is 0 Å². The molecule has 0 amide bonds. The Balaban J connectivity index is 1.96. The van der Waals surface area contributed by atoms with Gasteiger partial charge < -0.3 is 14.2 Å². The van der Waals surface area contributed by atoms with Gasteiger partial charge in [-0.2, -0.15) is 0 Å². The van der Waals surface area contributed by atoms with E-state index in [0.717, 1.165) is 30.9 Å². The SMILES string of the molecule is CCC(O)c1ccn(CCn2ccnc2C)c1. The fourth-order valence-corrected chi connectivity index (χ4v) is 1.89. The molecule has 0 aromatic carbocycles. The average Bonchev–Trinajstić information content (AvgIpc) is 2.94. The number of hydrogen-bond donors (Lipinski definition) is 1. The summed E-state index contributed by atoms with van der Waals surface area (Å²) >= 11 is 0. The number of hydrogen-bond acceptors (Lipinski definition) is 2. The summed E-state index contributed by atoms with van der Waals surface area (Å²) in [6.07, 6.45) is 8.25. The lowest BCUT2D eigenvalue weighted by atomic mass is 10.1. The lowest BCUT2D eigenvalue weighted by molar-refractivity contribution is 0.173. The van der Waals surface area contributed by atoms with Gasteiger partial charge in [-0.3, -0.25) is 0 Å². The van der Waals surface area contributed by atoms with E-state index in [4.69, 9.17) is 0 Å². The minimum Gasteiger partial charge on any atom is -0.388 e. The fraction of sp³-hybridized carbons (Fsp3) is 0.462. The van der Waals surface area contributed by atoms with Crippen molar-refractivity contribution >= 4 is 0 Å². The van der Waals surface area contributed by atoms with Crippen molar-refractivity contribution in [2.45, 2.75) is 39.5 Å². The summed E-state index contributed by atoms with van der Waals surface area (Å²) in [5.41, 5.74) is 0.995. The monoisotopic (exact) mass is 233 g/mol. The molecule has 0 bridgehead atoms. The van der Waals surface area contributed by atoms with Gasteiger partial charge in [-0.1, -0.05) is 6.92 Å². The molecule has 2 rings (SSSR count). The van der Waals surface area contributed by atoms with Crippen LogP contribution in [0.5, 0.6) is 0 Å². The smallest absolute Gasteiger partial charge is 0.105 e. The number of aliphatic hydroxyl groups excluding tert-OH is 1. The molecule has 2 heterocycles. The first-order valence-electron chi connectivity index (χ1n) is 6.02. The molecule has 1 N–H and O–H groups in total. The molecule has 0 saturated carbocycles. The first-order chi connectivity index (χ1) is 8.20. The van der Waals surface area contributed by atoms with Crippen LogP contribution in [0.3, 0.4) is 0 Å². The van der Waals surface area contributed by atoms with E-state index in [1.165, 1.54) is 0 Å². The zero-order valence-corrected chi connectivity index (χ0v) is 10.4. The normalized spacial score (nSPS) is 12.9. The van der Waals surface area contributed by atoms with Gasteiger partial charge in [-0.25, -0.2) is 4.98 Å². The summed E-state index contributed by atoms with van der Waals surface area (Å²) in [6, 6.07) is 1.98. The Morgan fingerprint density at radius 1 is 1.35 bits per heavy atom. The first kappa shape index (κ1) is 11.9. The Kier molecular flexibility index (Phi) is 3.64. The fourth-order valence-electron chi connectivity index (χ4n) is 1.89. The van der Waals surface area contributed by atoms with Crippen LogP contribution in [0.25, 0.3) is 0 Å². The summed E-state index contributed by atoms with van der Waals surface area (Å²) in [7, 11) is 0.